The van der Waals surface area contributed by atoms with Crippen LogP contribution in [0.15, 0.2) is 46.1 Å². The molecule has 1 aliphatic heterocycles. The lowest BCUT2D eigenvalue weighted by atomic mass is 9.45. The molecule has 1 heterocycles. The van der Waals surface area contributed by atoms with Crippen LogP contribution in [0, 0.1) is 44.8 Å². The van der Waals surface area contributed by atoms with E-state index in [1.54, 1.807) is 5.57 Å². The van der Waals surface area contributed by atoms with Crippen LogP contribution in [-0.4, -0.2) is 49.7 Å². The van der Waals surface area contributed by atoms with Gasteiger partial charge in [-0.25, -0.2) is 0 Å². The monoisotopic (exact) mass is 758 g/mol. The van der Waals surface area contributed by atoms with Gasteiger partial charge in [-0.1, -0.05) is 50.5 Å². The van der Waals surface area contributed by atoms with Crippen molar-refractivity contribution < 1.29 is 36.5 Å². The molecule has 10 aliphatic rings. The predicted molar refractivity (Wildman–Crippen MR) is 203 cm³/mol. The summed E-state index contributed by atoms with van der Waals surface area (Å²) in [5.74, 6) is 1.60. The van der Waals surface area contributed by atoms with Crippen LogP contribution in [0.5, 0.6) is 0 Å². The third-order valence-corrected chi connectivity index (χ3v) is 18.4. The number of hydrogen-bond donors (Lipinski definition) is 0. The molecule has 9 heteroatoms. The molecule has 10 atom stereocenters. The highest BCUT2D eigenvalue weighted by molar-refractivity contribution is 7.86. The van der Waals surface area contributed by atoms with Crippen LogP contribution in [0.4, 0.5) is 0 Å². The van der Waals surface area contributed by atoms with Gasteiger partial charge in [0, 0.05) is 36.5 Å². The van der Waals surface area contributed by atoms with Crippen molar-refractivity contribution in [2.45, 2.75) is 155 Å². The molecule has 9 aliphatic carbocycles. The zero-order valence-corrected chi connectivity index (χ0v) is 33.8. The SMILES string of the molecule is CC12CCC(=O)C=C1CCC1=C2CCC23C(=O)CC[C@]2(C)CC=C13.CC12CCC(=O)C=C1CCC1C2[C@H](OS(C)(=O)=O)CC2(C)C1CCC21CCC(=O)O1. The van der Waals surface area contributed by atoms with Gasteiger partial charge >= 0.3 is 5.97 Å². The van der Waals surface area contributed by atoms with Gasteiger partial charge in [0.25, 0.3) is 10.1 Å². The Hall–Kier alpha value is -2.65. The van der Waals surface area contributed by atoms with Gasteiger partial charge in [0.2, 0.25) is 0 Å². The van der Waals surface area contributed by atoms with E-state index in [2.05, 4.69) is 33.8 Å². The van der Waals surface area contributed by atoms with Gasteiger partial charge < -0.3 is 4.74 Å². The second-order valence-electron chi connectivity index (χ2n) is 20.0. The minimum atomic E-state index is -3.65. The van der Waals surface area contributed by atoms with Crippen molar-refractivity contribution in [1.82, 2.24) is 0 Å². The van der Waals surface area contributed by atoms with E-state index in [0.29, 0.717) is 49.1 Å². The van der Waals surface area contributed by atoms with E-state index in [1.165, 1.54) is 22.3 Å². The summed E-state index contributed by atoms with van der Waals surface area (Å²) in [6.45, 7) is 9.12. The molecular formula is C45H58O8S. The third-order valence-electron chi connectivity index (χ3n) is 17.8. The van der Waals surface area contributed by atoms with Crippen LogP contribution in [0.3, 0.4) is 0 Å². The van der Waals surface area contributed by atoms with Crippen molar-refractivity contribution in [3.05, 3.63) is 46.1 Å². The zero-order valence-electron chi connectivity index (χ0n) is 32.9. The number of ketones is 3. The van der Waals surface area contributed by atoms with Crippen molar-refractivity contribution in [2.24, 2.45) is 44.8 Å². The molecule has 0 aromatic carbocycles. The van der Waals surface area contributed by atoms with Crippen LogP contribution in [0.2, 0.25) is 0 Å². The average Bonchev–Trinajstić information content (AvgIpc) is 3.80. The fraction of sp³-hybridized carbons (Fsp3) is 0.733. The lowest BCUT2D eigenvalue weighted by Gasteiger charge is -2.61. The Morgan fingerprint density at radius 2 is 1.50 bits per heavy atom. The minimum Gasteiger partial charge on any atom is -0.458 e. The molecule has 0 radical (unpaired) electrons. The van der Waals surface area contributed by atoms with Gasteiger partial charge in [0.15, 0.2) is 11.6 Å². The molecule has 0 N–H and O–H groups in total. The number of carbonyl (C=O) groups excluding carboxylic acids is 4. The van der Waals surface area contributed by atoms with Crippen molar-refractivity contribution in [2.75, 3.05) is 6.26 Å². The average molecular weight is 759 g/mol. The number of esters is 1. The zero-order chi connectivity index (χ0) is 38.3. The number of fused-ring (bicyclic) bond motifs is 9. The Morgan fingerprint density at radius 3 is 2.22 bits per heavy atom. The Morgan fingerprint density at radius 1 is 0.759 bits per heavy atom. The molecule has 0 aromatic heterocycles. The summed E-state index contributed by atoms with van der Waals surface area (Å²) in [6, 6.07) is 0. The molecule has 2 spiro atoms. The van der Waals surface area contributed by atoms with Crippen molar-refractivity contribution in [1.29, 1.82) is 0 Å². The van der Waals surface area contributed by atoms with Gasteiger partial charge in [-0.2, -0.15) is 8.42 Å². The maximum absolute atomic E-state index is 13.0. The van der Waals surface area contributed by atoms with Crippen molar-refractivity contribution >= 4 is 33.4 Å². The van der Waals surface area contributed by atoms with E-state index in [0.717, 1.165) is 96.1 Å². The number of hydrogen-bond acceptors (Lipinski definition) is 8. The van der Waals surface area contributed by atoms with Gasteiger partial charge in [-0.05, 0) is 142 Å². The van der Waals surface area contributed by atoms with E-state index in [4.69, 9.17) is 8.92 Å². The molecule has 292 valence electrons. The Bertz CT molecular complexity index is 2000. The summed E-state index contributed by atoms with van der Waals surface area (Å²) in [7, 11) is -3.65. The quantitative estimate of drug-likeness (QED) is 0.203. The summed E-state index contributed by atoms with van der Waals surface area (Å²) in [4.78, 5) is 49.1. The summed E-state index contributed by atoms with van der Waals surface area (Å²) in [6.07, 6.45) is 22.2. The standard InChI is InChI=1S/C23H32O6S.C22H26O2/c1-21-9-6-15(24)12-14(21)4-5-16-17-7-10-23(11-8-19(25)28-23)22(17,2)13-18(20(16)21)29-30(3,26)27;1-20-9-6-18-16-4-3-14-13-15(23)5-11-21(14,2)17(16)7-12-22(18,20)19(24)8-10-20/h12,16-18,20H,4-11,13H2,1-3H3;6,13H,3-5,7-12H2,1-2H3/t16?,17?,18-,20?,21?,22?,23?;20-,21?,22?/m10/s1. The summed E-state index contributed by atoms with van der Waals surface area (Å²) in [5.41, 5.74) is 6.09. The molecule has 4 saturated carbocycles. The van der Waals surface area contributed by atoms with Crippen molar-refractivity contribution in [3.63, 3.8) is 0 Å². The maximum Gasteiger partial charge on any atom is 0.306 e. The van der Waals surface area contributed by atoms with Crippen LogP contribution < -0.4 is 0 Å². The molecule has 54 heavy (non-hydrogen) atoms. The fourth-order valence-corrected chi connectivity index (χ4v) is 15.7. The van der Waals surface area contributed by atoms with E-state index in [9.17, 15) is 27.6 Å². The predicted octanol–water partition coefficient (Wildman–Crippen LogP) is 8.40. The first-order chi connectivity index (χ1) is 25.4. The van der Waals surface area contributed by atoms with Gasteiger partial charge in [0.05, 0.1) is 17.8 Å². The van der Waals surface area contributed by atoms with E-state index in [-0.39, 0.29) is 44.7 Å². The van der Waals surface area contributed by atoms with E-state index in [1.807, 2.05) is 12.2 Å². The van der Waals surface area contributed by atoms with Crippen molar-refractivity contribution in [3.8, 4) is 0 Å². The van der Waals surface area contributed by atoms with Gasteiger partial charge in [-0.3, -0.25) is 23.4 Å². The Balaban J connectivity index is 0.000000146. The summed E-state index contributed by atoms with van der Waals surface area (Å²) >= 11 is 0. The smallest absolute Gasteiger partial charge is 0.306 e. The topological polar surface area (TPSA) is 121 Å². The number of allylic oxidation sites excluding steroid dienone is 7. The van der Waals surface area contributed by atoms with E-state index >= 15 is 0 Å². The van der Waals surface area contributed by atoms with Gasteiger partial charge in [0.1, 0.15) is 11.4 Å². The molecule has 0 bridgehead atoms. The Kier molecular flexibility index (Phi) is 8.17. The molecule has 0 amide bonds. The highest BCUT2D eigenvalue weighted by Crippen LogP contribution is 2.71. The molecular weight excluding hydrogens is 701 g/mol. The largest absolute Gasteiger partial charge is 0.458 e. The second kappa shape index (κ2) is 11.9. The molecule has 5 fully saturated rings. The molecule has 8 nitrogen and oxygen atoms in total. The highest BCUT2D eigenvalue weighted by Gasteiger charge is 2.70. The van der Waals surface area contributed by atoms with Gasteiger partial charge in [-0.15, -0.1) is 0 Å². The summed E-state index contributed by atoms with van der Waals surface area (Å²) < 4.78 is 36.3. The normalized spacial score (nSPS) is 46.1. The molecule has 10 rings (SSSR count). The summed E-state index contributed by atoms with van der Waals surface area (Å²) in [5, 5.41) is 0. The van der Waals surface area contributed by atoms with Crippen LogP contribution in [0.1, 0.15) is 143 Å². The molecule has 0 aromatic rings. The molecule has 8 unspecified atom stereocenters. The lowest BCUT2D eigenvalue weighted by Crippen LogP contribution is -2.60. The fourth-order valence-electron chi connectivity index (χ4n) is 15.0. The first-order valence-electron chi connectivity index (χ1n) is 20.9. The minimum absolute atomic E-state index is 0.0608. The first kappa shape index (κ1) is 37.0. The lowest BCUT2D eigenvalue weighted by molar-refractivity contribution is -0.181. The van der Waals surface area contributed by atoms with Crippen LogP contribution >= 0.6 is 0 Å². The Labute approximate surface area is 321 Å². The first-order valence-corrected chi connectivity index (χ1v) is 22.7. The number of ether oxygens (including phenoxy) is 1. The molecule has 1 saturated heterocycles. The van der Waals surface area contributed by atoms with Crippen LogP contribution in [0.25, 0.3) is 0 Å². The third kappa shape index (κ3) is 4.97. The maximum atomic E-state index is 13.0. The van der Waals surface area contributed by atoms with Crippen LogP contribution in [-0.2, 0) is 38.2 Å². The highest BCUT2D eigenvalue weighted by atomic mass is 32.2. The van der Waals surface area contributed by atoms with E-state index < -0.39 is 21.8 Å². The number of carbonyl (C=O) groups is 4. The number of Topliss-reactive ketones (excluding diaryl/α,β-unsaturated/α-hetero) is 1. The second-order valence-corrected chi connectivity index (χ2v) is 21.6. The number of rotatable bonds is 2.